The summed E-state index contributed by atoms with van der Waals surface area (Å²) in [7, 11) is 0. The third kappa shape index (κ3) is 3.48. The minimum atomic E-state index is -0.387. The number of carbonyl (C=O) groups excluding carboxylic acids is 2. The van der Waals surface area contributed by atoms with E-state index < -0.39 is 0 Å². The summed E-state index contributed by atoms with van der Waals surface area (Å²) in [5.74, 6) is 0.0274. The highest BCUT2D eigenvalue weighted by Crippen LogP contribution is 2.19. The van der Waals surface area contributed by atoms with E-state index in [0.717, 1.165) is 6.42 Å². The lowest BCUT2D eigenvalue weighted by Crippen LogP contribution is -2.44. The Kier molecular flexibility index (Phi) is 4.81. The fraction of sp³-hybridized carbons (Fsp3) is 0.818. The van der Waals surface area contributed by atoms with Crippen LogP contribution in [0.25, 0.3) is 0 Å². The van der Waals surface area contributed by atoms with E-state index in [-0.39, 0.29) is 23.1 Å². The lowest BCUT2D eigenvalue weighted by Gasteiger charge is -2.23. The Balaban J connectivity index is 4.26. The van der Waals surface area contributed by atoms with Crippen LogP contribution in [0.15, 0.2) is 0 Å². The smallest absolute Gasteiger partial charge is 0.226 e. The Bertz CT molecular complexity index is 221. The second kappa shape index (κ2) is 5.13. The first-order chi connectivity index (χ1) is 6.35. The molecule has 0 radical (unpaired) electrons. The number of hydrogen-bond donors (Lipinski definition) is 1. The highest BCUT2D eigenvalue weighted by atomic mass is 16.2. The van der Waals surface area contributed by atoms with Crippen LogP contribution >= 0.6 is 0 Å². The predicted molar refractivity (Wildman–Crippen MR) is 57.0 cm³/mol. The van der Waals surface area contributed by atoms with Crippen molar-refractivity contribution in [1.29, 1.82) is 0 Å². The lowest BCUT2D eigenvalue weighted by molar-refractivity contribution is -0.133. The number of carbonyl (C=O) groups is 2. The fourth-order valence-electron chi connectivity index (χ4n) is 0.939. The first-order valence-corrected chi connectivity index (χ1v) is 5.18. The van der Waals surface area contributed by atoms with Crippen molar-refractivity contribution in [3.05, 3.63) is 0 Å². The second-order valence-corrected chi connectivity index (χ2v) is 4.25. The average molecular weight is 199 g/mol. The van der Waals surface area contributed by atoms with E-state index in [9.17, 15) is 9.59 Å². The molecular weight excluding hydrogens is 178 g/mol. The van der Waals surface area contributed by atoms with Gasteiger partial charge in [-0.15, -0.1) is 0 Å². The summed E-state index contributed by atoms with van der Waals surface area (Å²) in [6, 6.07) is -0.363. The van der Waals surface area contributed by atoms with E-state index in [0.29, 0.717) is 6.42 Å². The summed E-state index contributed by atoms with van der Waals surface area (Å²) in [6.45, 7) is 9.26. The minimum absolute atomic E-state index is 0.0469. The molecule has 0 aliphatic heterocycles. The summed E-state index contributed by atoms with van der Waals surface area (Å²) in [4.78, 5) is 22.9. The van der Waals surface area contributed by atoms with Crippen molar-refractivity contribution in [2.24, 2.45) is 5.41 Å². The summed E-state index contributed by atoms with van der Waals surface area (Å²) in [5.41, 5.74) is -0.387. The molecule has 0 bridgehead atoms. The molecule has 1 unspecified atom stereocenters. The van der Waals surface area contributed by atoms with Gasteiger partial charge in [0, 0.05) is 11.8 Å². The highest BCUT2D eigenvalue weighted by Gasteiger charge is 2.27. The van der Waals surface area contributed by atoms with E-state index in [1.54, 1.807) is 13.8 Å². The molecule has 0 aromatic carbocycles. The molecule has 0 saturated heterocycles. The third-order valence-corrected chi connectivity index (χ3v) is 2.68. The van der Waals surface area contributed by atoms with E-state index in [1.807, 2.05) is 20.8 Å². The first-order valence-electron chi connectivity index (χ1n) is 5.18. The molecule has 0 aromatic heterocycles. The molecule has 14 heavy (non-hydrogen) atoms. The summed E-state index contributed by atoms with van der Waals surface area (Å²) < 4.78 is 0. The molecule has 3 nitrogen and oxygen atoms in total. The Morgan fingerprint density at radius 1 is 1.29 bits per heavy atom. The van der Waals surface area contributed by atoms with Crippen LogP contribution in [-0.2, 0) is 9.59 Å². The highest BCUT2D eigenvalue weighted by molar-refractivity contribution is 5.90. The number of ketones is 1. The largest absolute Gasteiger partial charge is 0.346 e. The zero-order valence-corrected chi connectivity index (χ0v) is 9.81. The van der Waals surface area contributed by atoms with Crippen molar-refractivity contribution in [3.8, 4) is 0 Å². The van der Waals surface area contributed by atoms with Gasteiger partial charge in [-0.1, -0.05) is 27.7 Å². The predicted octanol–water partition coefficient (Wildman–Crippen LogP) is 1.91. The molecule has 82 valence electrons. The average Bonchev–Trinajstić information content (AvgIpc) is 2.16. The quantitative estimate of drug-likeness (QED) is 0.735. The second-order valence-electron chi connectivity index (χ2n) is 4.25. The maximum Gasteiger partial charge on any atom is 0.226 e. The van der Waals surface area contributed by atoms with Gasteiger partial charge >= 0.3 is 0 Å². The van der Waals surface area contributed by atoms with Crippen molar-refractivity contribution >= 4 is 11.7 Å². The van der Waals surface area contributed by atoms with Crippen molar-refractivity contribution in [3.63, 3.8) is 0 Å². The van der Waals surface area contributed by atoms with Crippen LogP contribution in [0.2, 0.25) is 0 Å². The molecular formula is C11H21NO2. The molecule has 0 aromatic rings. The SMILES string of the molecule is CCC(=O)C(C)NC(=O)C(C)(C)CC. The molecule has 3 heteroatoms. The maximum absolute atomic E-state index is 11.7. The van der Waals surface area contributed by atoms with E-state index in [1.165, 1.54) is 0 Å². The Labute approximate surface area is 86.3 Å². The maximum atomic E-state index is 11.7. The molecule has 0 heterocycles. The third-order valence-electron chi connectivity index (χ3n) is 2.68. The zero-order chi connectivity index (χ0) is 11.4. The fourth-order valence-corrected chi connectivity index (χ4v) is 0.939. The van der Waals surface area contributed by atoms with Gasteiger partial charge in [-0.3, -0.25) is 9.59 Å². The molecule has 0 fully saturated rings. The summed E-state index contributed by atoms with van der Waals surface area (Å²) >= 11 is 0. The van der Waals surface area contributed by atoms with Crippen LogP contribution in [-0.4, -0.2) is 17.7 Å². The monoisotopic (exact) mass is 199 g/mol. The Morgan fingerprint density at radius 3 is 2.14 bits per heavy atom. The van der Waals surface area contributed by atoms with Gasteiger partial charge in [0.1, 0.15) is 0 Å². The summed E-state index contributed by atoms with van der Waals surface area (Å²) in [6.07, 6.45) is 1.24. The Morgan fingerprint density at radius 2 is 1.79 bits per heavy atom. The van der Waals surface area contributed by atoms with E-state index >= 15 is 0 Å². The Hall–Kier alpha value is -0.860. The molecule has 0 saturated carbocycles. The van der Waals surface area contributed by atoms with Gasteiger partial charge in [0.25, 0.3) is 0 Å². The van der Waals surface area contributed by atoms with E-state index in [4.69, 9.17) is 0 Å². The number of nitrogens with one attached hydrogen (secondary N) is 1. The van der Waals surface area contributed by atoms with Gasteiger partial charge in [-0.05, 0) is 13.3 Å². The van der Waals surface area contributed by atoms with Gasteiger partial charge in [-0.25, -0.2) is 0 Å². The van der Waals surface area contributed by atoms with Crippen molar-refractivity contribution in [1.82, 2.24) is 5.32 Å². The summed E-state index contributed by atoms with van der Waals surface area (Å²) in [5, 5.41) is 2.73. The van der Waals surface area contributed by atoms with Crippen LogP contribution < -0.4 is 5.32 Å². The number of amides is 1. The van der Waals surface area contributed by atoms with Crippen molar-refractivity contribution in [2.75, 3.05) is 0 Å². The van der Waals surface area contributed by atoms with Crippen LogP contribution in [0.3, 0.4) is 0 Å². The van der Waals surface area contributed by atoms with Gasteiger partial charge in [0.15, 0.2) is 5.78 Å². The van der Waals surface area contributed by atoms with Gasteiger partial charge in [0.2, 0.25) is 5.91 Å². The van der Waals surface area contributed by atoms with Crippen LogP contribution in [0, 0.1) is 5.41 Å². The van der Waals surface area contributed by atoms with E-state index in [2.05, 4.69) is 5.32 Å². The molecule has 0 aliphatic carbocycles. The van der Waals surface area contributed by atoms with Crippen molar-refractivity contribution in [2.45, 2.75) is 53.5 Å². The molecule has 0 aliphatic rings. The number of Topliss-reactive ketones (excluding diaryl/α,β-unsaturated/α-hetero) is 1. The molecule has 1 atom stereocenters. The molecule has 0 spiro atoms. The lowest BCUT2D eigenvalue weighted by atomic mass is 9.89. The molecule has 0 rings (SSSR count). The van der Waals surface area contributed by atoms with Gasteiger partial charge < -0.3 is 5.32 Å². The van der Waals surface area contributed by atoms with Gasteiger partial charge in [0.05, 0.1) is 6.04 Å². The topological polar surface area (TPSA) is 46.2 Å². The number of rotatable bonds is 5. The molecule has 1 N–H and O–H groups in total. The number of hydrogen-bond acceptors (Lipinski definition) is 2. The van der Waals surface area contributed by atoms with Crippen LogP contribution in [0.5, 0.6) is 0 Å². The standard InChI is InChI=1S/C11H21NO2/c1-6-9(13)8(3)12-10(14)11(4,5)7-2/h8H,6-7H2,1-5H3,(H,12,14). The van der Waals surface area contributed by atoms with Crippen LogP contribution in [0.4, 0.5) is 0 Å². The minimum Gasteiger partial charge on any atom is -0.346 e. The zero-order valence-electron chi connectivity index (χ0n) is 9.81. The normalized spacial score (nSPS) is 13.5. The van der Waals surface area contributed by atoms with Crippen LogP contribution in [0.1, 0.15) is 47.5 Å². The first kappa shape index (κ1) is 13.1. The van der Waals surface area contributed by atoms with Gasteiger partial charge in [-0.2, -0.15) is 0 Å². The molecule has 1 amide bonds. The van der Waals surface area contributed by atoms with Crippen molar-refractivity contribution < 1.29 is 9.59 Å².